The van der Waals surface area contributed by atoms with Crippen LogP contribution in [-0.4, -0.2) is 18.1 Å². The Bertz CT molecular complexity index is 459. The summed E-state index contributed by atoms with van der Waals surface area (Å²) in [5.74, 6) is 0.984. The average Bonchev–Trinajstić information content (AvgIpc) is 2.77. The first kappa shape index (κ1) is 13.3. The van der Waals surface area contributed by atoms with E-state index in [1.54, 1.807) is 6.07 Å². The lowest BCUT2D eigenvalue weighted by Gasteiger charge is -2.23. The van der Waals surface area contributed by atoms with Crippen molar-refractivity contribution in [2.45, 2.75) is 20.3 Å². The molecule has 1 aromatic carbocycles. The predicted octanol–water partition coefficient (Wildman–Crippen LogP) is 2.94. The van der Waals surface area contributed by atoms with Crippen molar-refractivity contribution in [3.8, 4) is 0 Å². The highest BCUT2D eigenvalue weighted by molar-refractivity contribution is 7.80. The van der Waals surface area contributed by atoms with Crippen LogP contribution in [-0.2, 0) is 0 Å². The molecule has 1 aliphatic heterocycles. The molecule has 1 aromatic rings. The lowest BCUT2D eigenvalue weighted by Crippen LogP contribution is -2.25. The Kier molecular flexibility index (Phi) is 3.85. The summed E-state index contributed by atoms with van der Waals surface area (Å²) in [7, 11) is 0. The minimum atomic E-state index is -0.326. The maximum atomic E-state index is 13.8. The number of benzene rings is 1. The van der Waals surface area contributed by atoms with Gasteiger partial charge in [0.15, 0.2) is 0 Å². The van der Waals surface area contributed by atoms with Gasteiger partial charge in [-0.1, -0.05) is 32.1 Å². The fraction of sp³-hybridized carbons (Fsp3) is 0.500. The molecule has 0 aromatic heterocycles. The molecular formula is C14H19FN2S. The van der Waals surface area contributed by atoms with Crippen LogP contribution in [0.5, 0.6) is 0 Å². The van der Waals surface area contributed by atoms with Gasteiger partial charge in [0, 0.05) is 18.8 Å². The Labute approximate surface area is 113 Å². The molecule has 0 radical (unpaired) electrons. The van der Waals surface area contributed by atoms with Crippen LogP contribution in [0.1, 0.15) is 25.8 Å². The molecule has 98 valence electrons. The number of halogens is 1. The van der Waals surface area contributed by atoms with Gasteiger partial charge in [-0.05, 0) is 30.4 Å². The SMILES string of the molecule is CC(C)C1CCN(c2cccc(F)c2C(N)=S)C1. The van der Waals surface area contributed by atoms with Crippen LogP contribution in [0.25, 0.3) is 0 Å². The summed E-state index contributed by atoms with van der Waals surface area (Å²) < 4.78 is 13.8. The second-order valence-corrected chi connectivity index (χ2v) is 5.68. The summed E-state index contributed by atoms with van der Waals surface area (Å²) >= 11 is 4.96. The molecule has 0 spiro atoms. The summed E-state index contributed by atoms with van der Waals surface area (Å²) in [5.41, 5.74) is 6.87. The van der Waals surface area contributed by atoms with E-state index in [0.717, 1.165) is 25.2 Å². The van der Waals surface area contributed by atoms with E-state index in [1.807, 2.05) is 6.07 Å². The molecule has 1 atom stereocenters. The lowest BCUT2D eigenvalue weighted by molar-refractivity contribution is 0.422. The maximum Gasteiger partial charge on any atom is 0.135 e. The standard InChI is InChI=1S/C14H19FN2S/c1-9(2)10-6-7-17(8-10)12-5-3-4-11(15)13(12)14(16)18/h3-5,9-10H,6-8H2,1-2H3,(H2,16,18). The molecule has 0 saturated carbocycles. The first-order valence-corrected chi connectivity index (χ1v) is 6.74. The fourth-order valence-corrected chi connectivity index (χ4v) is 2.77. The van der Waals surface area contributed by atoms with Gasteiger partial charge in [-0.15, -0.1) is 0 Å². The molecule has 2 rings (SSSR count). The Hall–Kier alpha value is -1.16. The minimum absolute atomic E-state index is 0.135. The van der Waals surface area contributed by atoms with Crippen molar-refractivity contribution in [1.82, 2.24) is 0 Å². The van der Waals surface area contributed by atoms with Crippen LogP contribution >= 0.6 is 12.2 Å². The van der Waals surface area contributed by atoms with Crippen molar-refractivity contribution in [2.24, 2.45) is 17.6 Å². The molecule has 2 nitrogen and oxygen atoms in total. The van der Waals surface area contributed by atoms with E-state index < -0.39 is 0 Å². The van der Waals surface area contributed by atoms with Gasteiger partial charge in [0.05, 0.1) is 5.56 Å². The van der Waals surface area contributed by atoms with E-state index in [9.17, 15) is 4.39 Å². The molecule has 1 unspecified atom stereocenters. The molecule has 1 saturated heterocycles. The summed E-state index contributed by atoms with van der Waals surface area (Å²) in [6.45, 7) is 6.36. The van der Waals surface area contributed by atoms with E-state index in [4.69, 9.17) is 18.0 Å². The third-order valence-corrected chi connectivity index (χ3v) is 3.95. The summed E-state index contributed by atoms with van der Waals surface area (Å²) in [6.07, 6.45) is 1.14. The van der Waals surface area contributed by atoms with Gasteiger partial charge in [0.1, 0.15) is 10.8 Å². The van der Waals surface area contributed by atoms with E-state index in [1.165, 1.54) is 6.07 Å². The van der Waals surface area contributed by atoms with Crippen molar-refractivity contribution in [3.63, 3.8) is 0 Å². The molecule has 1 fully saturated rings. The highest BCUT2D eigenvalue weighted by atomic mass is 32.1. The number of hydrogen-bond donors (Lipinski definition) is 1. The van der Waals surface area contributed by atoms with Crippen LogP contribution in [0.4, 0.5) is 10.1 Å². The number of hydrogen-bond acceptors (Lipinski definition) is 2. The highest BCUT2D eigenvalue weighted by Gasteiger charge is 2.27. The second kappa shape index (κ2) is 5.22. The van der Waals surface area contributed by atoms with Crippen molar-refractivity contribution < 1.29 is 4.39 Å². The number of nitrogens with two attached hydrogens (primary N) is 1. The molecular weight excluding hydrogens is 247 g/mol. The first-order valence-electron chi connectivity index (χ1n) is 6.34. The lowest BCUT2D eigenvalue weighted by atomic mass is 9.95. The van der Waals surface area contributed by atoms with Gasteiger partial charge in [0.2, 0.25) is 0 Å². The molecule has 1 aliphatic rings. The number of anilines is 1. The Balaban J connectivity index is 2.30. The van der Waals surface area contributed by atoms with E-state index in [2.05, 4.69) is 18.7 Å². The van der Waals surface area contributed by atoms with E-state index in [-0.39, 0.29) is 10.8 Å². The van der Waals surface area contributed by atoms with Crippen LogP contribution in [0.3, 0.4) is 0 Å². The molecule has 4 heteroatoms. The molecule has 1 heterocycles. The van der Waals surface area contributed by atoms with Gasteiger partial charge in [-0.3, -0.25) is 0 Å². The number of rotatable bonds is 3. The monoisotopic (exact) mass is 266 g/mol. The van der Waals surface area contributed by atoms with E-state index in [0.29, 0.717) is 17.4 Å². The molecule has 0 bridgehead atoms. The van der Waals surface area contributed by atoms with Crippen molar-refractivity contribution in [2.75, 3.05) is 18.0 Å². The van der Waals surface area contributed by atoms with Crippen molar-refractivity contribution in [1.29, 1.82) is 0 Å². The Morgan fingerprint density at radius 1 is 1.50 bits per heavy atom. The summed E-state index contributed by atoms with van der Waals surface area (Å²) in [6, 6.07) is 5.03. The molecule has 0 aliphatic carbocycles. The molecule has 18 heavy (non-hydrogen) atoms. The quantitative estimate of drug-likeness (QED) is 0.853. The van der Waals surface area contributed by atoms with Crippen LogP contribution in [0.2, 0.25) is 0 Å². The van der Waals surface area contributed by atoms with Gasteiger partial charge < -0.3 is 10.6 Å². The third-order valence-electron chi connectivity index (χ3n) is 3.75. The third kappa shape index (κ3) is 2.48. The van der Waals surface area contributed by atoms with Gasteiger partial charge in [-0.25, -0.2) is 4.39 Å². The topological polar surface area (TPSA) is 29.3 Å². The van der Waals surface area contributed by atoms with Gasteiger partial charge in [0.25, 0.3) is 0 Å². The fourth-order valence-electron chi connectivity index (χ4n) is 2.57. The van der Waals surface area contributed by atoms with Crippen molar-refractivity contribution >= 4 is 22.9 Å². The molecule has 2 N–H and O–H groups in total. The number of nitrogens with zero attached hydrogens (tertiary/aromatic N) is 1. The zero-order chi connectivity index (χ0) is 13.3. The van der Waals surface area contributed by atoms with Gasteiger partial charge in [-0.2, -0.15) is 0 Å². The van der Waals surface area contributed by atoms with Crippen LogP contribution < -0.4 is 10.6 Å². The maximum absolute atomic E-state index is 13.8. The second-order valence-electron chi connectivity index (χ2n) is 5.24. The minimum Gasteiger partial charge on any atom is -0.389 e. The van der Waals surface area contributed by atoms with Crippen LogP contribution in [0, 0.1) is 17.7 Å². The van der Waals surface area contributed by atoms with E-state index >= 15 is 0 Å². The van der Waals surface area contributed by atoms with Gasteiger partial charge >= 0.3 is 0 Å². The average molecular weight is 266 g/mol. The summed E-state index contributed by atoms with van der Waals surface area (Å²) in [4.78, 5) is 2.33. The highest BCUT2D eigenvalue weighted by Crippen LogP contribution is 2.31. The van der Waals surface area contributed by atoms with Crippen LogP contribution in [0.15, 0.2) is 18.2 Å². The smallest absolute Gasteiger partial charge is 0.135 e. The molecule has 0 amide bonds. The zero-order valence-electron chi connectivity index (χ0n) is 10.8. The Morgan fingerprint density at radius 2 is 2.22 bits per heavy atom. The largest absolute Gasteiger partial charge is 0.389 e. The number of thiocarbonyl (C=S) groups is 1. The normalized spacial score (nSPS) is 19.6. The van der Waals surface area contributed by atoms with Crippen molar-refractivity contribution in [3.05, 3.63) is 29.6 Å². The zero-order valence-corrected chi connectivity index (χ0v) is 11.6. The first-order chi connectivity index (χ1) is 8.50. The Morgan fingerprint density at radius 3 is 2.78 bits per heavy atom. The summed E-state index contributed by atoms with van der Waals surface area (Å²) in [5, 5.41) is 0. The predicted molar refractivity (Wildman–Crippen MR) is 77.4 cm³/mol.